The fourth-order valence-electron chi connectivity index (χ4n) is 3.39. The van der Waals surface area contributed by atoms with Crippen molar-refractivity contribution in [2.24, 2.45) is 5.92 Å². The standard InChI is InChI=1S/C25H32O6/c1-17(2)23(26)29-15-13-19-5-9-21(10-6-19)25(28)31-22-11-7-20(8-12-22)14-16-30-24(27)18(3)4/h5-6,9-10,20,22H,1,3,7-8,11-16H2,2,4H3. The van der Waals surface area contributed by atoms with Crippen LogP contribution in [0.25, 0.3) is 0 Å². The number of benzene rings is 1. The van der Waals surface area contributed by atoms with E-state index in [1.807, 2.05) is 12.1 Å². The maximum atomic E-state index is 12.4. The number of carbonyl (C=O) groups is 3. The molecule has 6 heteroatoms. The highest BCUT2D eigenvalue weighted by molar-refractivity contribution is 5.89. The van der Waals surface area contributed by atoms with Crippen molar-refractivity contribution in [3.05, 3.63) is 59.7 Å². The zero-order valence-electron chi connectivity index (χ0n) is 18.5. The molecule has 0 spiro atoms. The molecule has 31 heavy (non-hydrogen) atoms. The Kier molecular flexibility index (Phi) is 9.50. The Hall–Kier alpha value is -2.89. The van der Waals surface area contributed by atoms with Crippen LogP contribution < -0.4 is 0 Å². The lowest BCUT2D eigenvalue weighted by Gasteiger charge is -2.28. The Morgan fingerprint density at radius 1 is 0.871 bits per heavy atom. The van der Waals surface area contributed by atoms with Crippen LogP contribution in [-0.2, 0) is 30.2 Å². The van der Waals surface area contributed by atoms with Crippen molar-refractivity contribution in [2.75, 3.05) is 13.2 Å². The van der Waals surface area contributed by atoms with Gasteiger partial charge in [0.15, 0.2) is 0 Å². The fraction of sp³-hybridized carbons (Fsp3) is 0.480. The van der Waals surface area contributed by atoms with E-state index >= 15 is 0 Å². The van der Waals surface area contributed by atoms with Crippen LogP contribution in [0, 0.1) is 5.92 Å². The van der Waals surface area contributed by atoms with E-state index < -0.39 is 5.97 Å². The van der Waals surface area contributed by atoms with Crippen LogP contribution in [0.1, 0.15) is 61.9 Å². The van der Waals surface area contributed by atoms with Gasteiger partial charge in [-0.1, -0.05) is 25.3 Å². The molecule has 1 aromatic rings. The second-order valence-corrected chi connectivity index (χ2v) is 8.12. The minimum Gasteiger partial charge on any atom is -0.462 e. The van der Waals surface area contributed by atoms with Crippen LogP contribution >= 0.6 is 0 Å². The van der Waals surface area contributed by atoms with Crippen LogP contribution in [-0.4, -0.2) is 37.2 Å². The molecule has 0 atom stereocenters. The van der Waals surface area contributed by atoms with Gasteiger partial charge < -0.3 is 14.2 Å². The van der Waals surface area contributed by atoms with Crippen molar-refractivity contribution in [3.63, 3.8) is 0 Å². The first-order valence-electron chi connectivity index (χ1n) is 10.7. The van der Waals surface area contributed by atoms with E-state index in [1.54, 1.807) is 26.0 Å². The highest BCUT2D eigenvalue weighted by atomic mass is 16.5. The second-order valence-electron chi connectivity index (χ2n) is 8.12. The predicted molar refractivity (Wildman–Crippen MR) is 117 cm³/mol. The van der Waals surface area contributed by atoms with Gasteiger partial charge in [-0.05, 0) is 69.6 Å². The molecule has 0 saturated heterocycles. The van der Waals surface area contributed by atoms with E-state index in [4.69, 9.17) is 14.2 Å². The van der Waals surface area contributed by atoms with Crippen molar-refractivity contribution < 1.29 is 28.6 Å². The normalized spacial score (nSPS) is 18.0. The van der Waals surface area contributed by atoms with Gasteiger partial charge in [-0.3, -0.25) is 0 Å². The molecule has 0 heterocycles. The first-order valence-corrected chi connectivity index (χ1v) is 10.7. The second kappa shape index (κ2) is 12.1. The summed E-state index contributed by atoms with van der Waals surface area (Å²) in [6.45, 7) is 11.0. The lowest BCUT2D eigenvalue weighted by Crippen LogP contribution is -2.25. The summed E-state index contributed by atoms with van der Waals surface area (Å²) in [5, 5.41) is 0. The average Bonchev–Trinajstić information content (AvgIpc) is 2.75. The molecule has 1 aliphatic rings. The molecule has 0 amide bonds. The highest BCUT2D eigenvalue weighted by Gasteiger charge is 2.24. The summed E-state index contributed by atoms with van der Waals surface area (Å²) >= 11 is 0. The molecule has 1 aromatic carbocycles. The third kappa shape index (κ3) is 8.40. The van der Waals surface area contributed by atoms with Crippen molar-refractivity contribution in [3.8, 4) is 0 Å². The molecular formula is C25H32O6. The van der Waals surface area contributed by atoms with Gasteiger partial charge >= 0.3 is 17.9 Å². The molecule has 1 aliphatic carbocycles. The number of rotatable bonds is 10. The maximum Gasteiger partial charge on any atom is 0.338 e. The van der Waals surface area contributed by atoms with Gasteiger partial charge in [0.05, 0.1) is 18.8 Å². The molecule has 0 aliphatic heterocycles. The molecule has 2 rings (SSSR count). The molecule has 0 aromatic heterocycles. The number of hydrogen-bond acceptors (Lipinski definition) is 6. The Balaban J connectivity index is 1.69. The fourth-order valence-corrected chi connectivity index (χ4v) is 3.39. The SMILES string of the molecule is C=C(C)C(=O)OCCc1ccc(C(=O)OC2CCC(CCOC(=O)C(=C)C)CC2)cc1. The van der Waals surface area contributed by atoms with E-state index in [0.29, 0.717) is 35.7 Å². The van der Waals surface area contributed by atoms with Crippen LogP contribution in [0.4, 0.5) is 0 Å². The van der Waals surface area contributed by atoms with Gasteiger partial charge in [-0.15, -0.1) is 0 Å². The highest BCUT2D eigenvalue weighted by Crippen LogP contribution is 2.29. The Bertz CT molecular complexity index is 800. The molecule has 1 fully saturated rings. The predicted octanol–water partition coefficient (Wildman–Crippen LogP) is 4.57. The zero-order chi connectivity index (χ0) is 22.8. The largest absolute Gasteiger partial charge is 0.462 e. The molecule has 0 bridgehead atoms. The molecule has 0 radical (unpaired) electrons. The van der Waals surface area contributed by atoms with E-state index in [-0.39, 0.29) is 24.6 Å². The quantitative estimate of drug-likeness (QED) is 0.308. The van der Waals surface area contributed by atoms with Crippen molar-refractivity contribution in [1.29, 1.82) is 0 Å². The average molecular weight is 429 g/mol. The first-order chi connectivity index (χ1) is 14.8. The number of hydrogen-bond donors (Lipinski definition) is 0. The number of carbonyl (C=O) groups excluding carboxylic acids is 3. The van der Waals surface area contributed by atoms with Crippen LogP contribution in [0.2, 0.25) is 0 Å². The zero-order valence-corrected chi connectivity index (χ0v) is 18.5. The van der Waals surface area contributed by atoms with Crippen LogP contribution in [0.3, 0.4) is 0 Å². The maximum absolute atomic E-state index is 12.4. The van der Waals surface area contributed by atoms with E-state index in [0.717, 1.165) is 37.7 Å². The van der Waals surface area contributed by atoms with E-state index in [2.05, 4.69) is 13.2 Å². The van der Waals surface area contributed by atoms with Crippen LogP contribution in [0.5, 0.6) is 0 Å². The Labute approximate surface area is 184 Å². The monoisotopic (exact) mass is 428 g/mol. The lowest BCUT2D eigenvalue weighted by molar-refractivity contribution is -0.140. The summed E-state index contributed by atoms with van der Waals surface area (Å²) in [6, 6.07) is 7.16. The van der Waals surface area contributed by atoms with Gasteiger partial charge in [0.25, 0.3) is 0 Å². The molecule has 0 N–H and O–H groups in total. The summed E-state index contributed by atoms with van der Waals surface area (Å²) in [6.07, 6.45) is 4.84. The summed E-state index contributed by atoms with van der Waals surface area (Å²) in [4.78, 5) is 35.2. The molecule has 0 unspecified atom stereocenters. The van der Waals surface area contributed by atoms with Gasteiger partial charge in [-0.2, -0.15) is 0 Å². The lowest BCUT2D eigenvalue weighted by atomic mass is 9.85. The van der Waals surface area contributed by atoms with E-state index in [1.165, 1.54) is 0 Å². The topological polar surface area (TPSA) is 78.9 Å². The Morgan fingerprint density at radius 3 is 1.97 bits per heavy atom. The number of esters is 3. The molecular weight excluding hydrogens is 396 g/mol. The van der Waals surface area contributed by atoms with Crippen molar-refractivity contribution in [1.82, 2.24) is 0 Å². The van der Waals surface area contributed by atoms with E-state index in [9.17, 15) is 14.4 Å². The summed E-state index contributed by atoms with van der Waals surface area (Å²) in [7, 11) is 0. The summed E-state index contributed by atoms with van der Waals surface area (Å²) in [5.74, 6) is -0.588. The van der Waals surface area contributed by atoms with Gasteiger partial charge in [-0.25, -0.2) is 14.4 Å². The van der Waals surface area contributed by atoms with Crippen molar-refractivity contribution >= 4 is 17.9 Å². The smallest absolute Gasteiger partial charge is 0.338 e. The summed E-state index contributed by atoms with van der Waals surface area (Å²) in [5.41, 5.74) is 2.27. The summed E-state index contributed by atoms with van der Waals surface area (Å²) < 4.78 is 15.9. The molecule has 1 saturated carbocycles. The Morgan fingerprint density at radius 2 is 1.42 bits per heavy atom. The third-order valence-corrected chi connectivity index (χ3v) is 5.34. The van der Waals surface area contributed by atoms with Gasteiger partial charge in [0.1, 0.15) is 6.10 Å². The first kappa shape index (κ1) is 24.4. The molecule has 6 nitrogen and oxygen atoms in total. The number of ether oxygens (including phenoxy) is 3. The van der Waals surface area contributed by atoms with Crippen molar-refractivity contribution in [2.45, 2.75) is 58.5 Å². The minimum absolute atomic E-state index is 0.0806. The van der Waals surface area contributed by atoms with Gasteiger partial charge in [0, 0.05) is 17.6 Å². The third-order valence-electron chi connectivity index (χ3n) is 5.34. The van der Waals surface area contributed by atoms with Gasteiger partial charge in [0.2, 0.25) is 0 Å². The minimum atomic E-state index is -0.400. The van der Waals surface area contributed by atoms with Crippen LogP contribution in [0.15, 0.2) is 48.6 Å². The molecule has 168 valence electrons.